The highest BCUT2D eigenvalue weighted by Gasteiger charge is 2.34. The maximum absolute atomic E-state index is 12.6. The monoisotopic (exact) mass is 284 g/mol. The van der Waals surface area contributed by atoms with E-state index in [2.05, 4.69) is 32.0 Å². The first-order valence-electron chi connectivity index (χ1n) is 8.72. The Morgan fingerprint density at radius 1 is 1.00 bits per heavy atom. The number of Topliss-reactive ketones (excluding diaryl/α,β-unsaturated/α-hetero) is 1. The van der Waals surface area contributed by atoms with Crippen LogP contribution in [0.15, 0.2) is 18.2 Å². The minimum absolute atomic E-state index is 0.339. The maximum Gasteiger partial charge on any atom is 0.140 e. The van der Waals surface area contributed by atoms with Crippen LogP contribution in [0.4, 0.5) is 0 Å². The van der Waals surface area contributed by atoms with Gasteiger partial charge in [0, 0.05) is 12.3 Å². The van der Waals surface area contributed by atoms with Crippen molar-refractivity contribution in [1.29, 1.82) is 0 Å². The van der Waals surface area contributed by atoms with E-state index >= 15 is 0 Å². The van der Waals surface area contributed by atoms with Crippen LogP contribution < -0.4 is 0 Å². The SMILES string of the molecule is Cc1ccc(CC(=O)C2CCC3CCCCC3C2)cc1C. The first-order valence-corrected chi connectivity index (χ1v) is 8.72. The van der Waals surface area contributed by atoms with Gasteiger partial charge in [-0.15, -0.1) is 0 Å². The summed E-state index contributed by atoms with van der Waals surface area (Å²) in [6.07, 6.45) is 9.86. The van der Waals surface area contributed by atoms with Crippen molar-refractivity contribution in [3.63, 3.8) is 0 Å². The summed E-state index contributed by atoms with van der Waals surface area (Å²) in [7, 11) is 0. The third-order valence-corrected chi connectivity index (χ3v) is 5.94. The number of carbonyl (C=O) groups is 1. The molecule has 0 spiro atoms. The zero-order valence-electron chi connectivity index (χ0n) is 13.5. The molecule has 1 heteroatoms. The van der Waals surface area contributed by atoms with Gasteiger partial charge in [0.05, 0.1) is 0 Å². The summed E-state index contributed by atoms with van der Waals surface area (Å²) in [4.78, 5) is 12.6. The van der Waals surface area contributed by atoms with Gasteiger partial charge in [-0.25, -0.2) is 0 Å². The second-order valence-corrected chi connectivity index (χ2v) is 7.38. The van der Waals surface area contributed by atoms with Crippen LogP contribution in [0.25, 0.3) is 0 Å². The molecular weight excluding hydrogens is 256 g/mol. The van der Waals surface area contributed by atoms with Gasteiger partial charge in [-0.3, -0.25) is 4.79 Å². The zero-order valence-corrected chi connectivity index (χ0v) is 13.5. The van der Waals surface area contributed by atoms with Crippen LogP contribution in [0.2, 0.25) is 0 Å². The number of rotatable bonds is 3. The molecule has 0 saturated heterocycles. The van der Waals surface area contributed by atoms with E-state index in [1.54, 1.807) is 0 Å². The average Bonchev–Trinajstić information content (AvgIpc) is 2.50. The van der Waals surface area contributed by atoms with Crippen LogP contribution >= 0.6 is 0 Å². The van der Waals surface area contributed by atoms with Crippen LogP contribution in [-0.4, -0.2) is 5.78 Å². The van der Waals surface area contributed by atoms with Gasteiger partial charge in [-0.2, -0.15) is 0 Å². The summed E-state index contributed by atoms with van der Waals surface area (Å²) < 4.78 is 0. The molecule has 114 valence electrons. The Labute approximate surface area is 129 Å². The van der Waals surface area contributed by atoms with Crippen molar-refractivity contribution in [2.45, 2.75) is 65.2 Å². The lowest BCUT2D eigenvalue weighted by atomic mass is 9.66. The summed E-state index contributed by atoms with van der Waals surface area (Å²) in [5, 5.41) is 0. The summed E-state index contributed by atoms with van der Waals surface area (Å²) >= 11 is 0. The summed E-state index contributed by atoms with van der Waals surface area (Å²) in [5.41, 5.74) is 3.82. The lowest BCUT2D eigenvalue weighted by molar-refractivity contribution is -0.124. The van der Waals surface area contributed by atoms with Gasteiger partial charge >= 0.3 is 0 Å². The molecule has 3 rings (SSSR count). The predicted molar refractivity (Wildman–Crippen MR) is 87.4 cm³/mol. The van der Waals surface area contributed by atoms with E-state index in [1.165, 1.54) is 55.2 Å². The Morgan fingerprint density at radius 2 is 1.76 bits per heavy atom. The van der Waals surface area contributed by atoms with Gasteiger partial charge in [0.25, 0.3) is 0 Å². The van der Waals surface area contributed by atoms with Crippen molar-refractivity contribution >= 4 is 5.78 Å². The van der Waals surface area contributed by atoms with Crippen LogP contribution in [0.1, 0.15) is 61.6 Å². The number of benzene rings is 1. The van der Waals surface area contributed by atoms with Crippen LogP contribution in [0.3, 0.4) is 0 Å². The number of ketones is 1. The molecule has 0 heterocycles. The Morgan fingerprint density at radius 3 is 2.52 bits per heavy atom. The summed E-state index contributed by atoms with van der Waals surface area (Å²) in [5.74, 6) is 2.61. The number of hydrogen-bond acceptors (Lipinski definition) is 1. The lowest BCUT2D eigenvalue weighted by Crippen LogP contribution is -2.31. The molecule has 3 unspecified atom stereocenters. The van der Waals surface area contributed by atoms with Crippen molar-refractivity contribution < 1.29 is 4.79 Å². The summed E-state index contributed by atoms with van der Waals surface area (Å²) in [6, 6.07) is 6.47. The predicted octanol–water partition coefficient (Wildman–Crippen LogP) is 5.02. The molecule has 1 nitrogen and oxygen atoms in total. The van der Waals surface area contributed by atoms with Gasteiger partial charge in [0.2, 0.25) is 0 Å². The molecule has 2 aliphatic rings. The van der Waals surface area contributed by atoms with E-state index in [4.69, 9.17) is 0 Å². The Bertz CT molecular complexity index is 517. The molecule has 0 aromatic heterocycles. The molecule has 0 bridgehead atoms. The minimum Gasteiger partial charge on any atom is -0.299 e. The smallest absolute Gasteiger partial charge is 0.140 e. The van der Waals surface area contributed by atoms with Crippen LogP contribution in [0.5, 0.6) is 0 Å². The molecule has 21 heavy (non-hydrogen) atoms. The molecule has 0 aliphatic heterocycles. The molecule has 1 aromatic carbocycles. The molecule has 0 N–H and O–H groups in total. The quantitative estimate of drug-likeness (QED) is 0.761. The van der Waals surface area contributed by atoms with Crippen molar-refractivity contribution in [2.24, 2.45) is 17.8 Å². The lowest BCUT2D eigenvalue weighted by Gasteiger charge is -2.38. The van der Waals surface area contributed by atoms with E-state index in [9.17, 15) is 4.79 Å². The highest BCUT2D eigenvalue weighted by atomic mass is 16.1. The van der Waals surface area contributed by atoms with Crippen molar-refractivity contribution in [2.75, 3.05) is 0 Å². The largest absolute Gasteiger partial charge is 0.299 e. The van der Waals surface area contributed by atoms with E-state index in [0.29, 0.717) is 18.1 Å². The normalized spacial score (nSPS) is 29.0. The first-order chi connectivity index (χ1) is 10.1. The topological polar surface area (TPSA) is 17.1 Å². The fraction of sp³-hybridized carbons (Fsp3) is 0.650. The fourth-order valence-corrected chi connectivity index (χ4v) is 4.42. The molecular formula is C20H28O. The minimum atomic E-state index is 0.339. The number of hydrogen-bond donors (Lipinski definition) is 0. The number of aryl methyl sites for hydroxylation is 2. The standard InChI is InChI=1S/C20H28O/c1-14-7-8-16(11-15(14)2)12-20(21)19-10-9-17-5-3-4-6-18(17)13-19/h7-8,11,17-19H,3-6,9-10,12-13H2,1-2H3. The third-order valence-electron chi connectivity index (χ3n) is 5.94. The molecule has 1 aromatic rings. The second kappa shape index (κ2) is 6.34. The van der Waals surface area contributed by atoms with Gasteiger partial charge < -0.3 is 0 Å². The zero-order chi connectivity index (χ0) is 14.8. The number of fused-ring (bicyclic) bond motifs is 1. The van der Waals surface area contributed by atoms with E-state index in [0.717, 1.165) is 18.3 Å². The Kier molecular flexibility index (Phi) is 4.47. The molecule has 2 saturated carbocycles. The Balaban J connectivity index is 1.61. The molecule has 2 aliphatic carbocycles. The molecule has 2 fully saturated rings. The van der Waals surface area contributed by atoms with E-state index in [1.807, 2.05) is 0 Å². The van der Waals surface area contributed by atoms with Gasteiger partial charge in [0.15, 0.2) is 0 Å². The van der Waals surface area contributed by atoms with Crippen molar-refractivity contribution in [3.8, 4) is 0 Å². The highest BCUT2D eigenvalue weighted by Crippen LogP contribution is 2.43. The van der Waals surface area contributed by atoms with Crippen LogP contribution in [-0.2, 0) is 11.2 Å². The van der Waals surface area contributed by atoms with E-state index < -0.39 is 0 Å². The van der Waals surface area contributed by atoms with Crippen molar-refractivity contribution in [3.05, 3.63) is 34.9 Å². The van der Waals surface area contributed by atoms with Crippen molar-refractivity contribution in [1.82, 2.24) is 0 Å². The maximum atomic E-state index is 12.6. The first kappa shape index (κ1) is 14.8. The van der Waals surface area contributed by atoms with Gasteiger partial charge in [-0.05, 0) is 61.6 Å². The van der Waals surface area contributed by atoms with Crippen LogP contribution in [0, 0.1) is 31.6 Å². The molecule has 3 atom stereocenters. The highest BCUT2D eigenvalue weighted by molar-refractivity contribution is 5.83. The summed E-state index contributed by atoms with van der Waals surface area (Å²) in [6.45, 7) is 4.27. The average molecular weight is 284 g/mol. The Hall–Kier alpha value is -1.11. The number of carbonyl (C=O) groups excluding carboxylic acids is 1. The second-order valence-electron chi connectivity index (χ2n) is 7.38. The van der Waals surface area contributed by atoms with E-state index in [-0.39, 0.29) is 0 Å². The third kappa shape index (κ3) is 3.39. The molecule has 0 amide bonds. The molecule has 0 radical (unpaired) electrons. The van der Waals surface area contributed by atoms with Gasteiger partial charge in [-0.1, -0.05) is 43.9 Å². The van der Waals surface area contributed by atoms with Gasteiger partial charge in [0.1, 0.15) is 5.78 Å². The fourth-order valence-electron chi connectivity index (χ4n) is 4.42.